The predicted molar refractivity (Wildman–Crippen MR) is 113 cm³/mol. The topological polar surface area (TPSA) is 95.1 Å². The molecule has 3 aromatic heterocycles. The van der Waals surface area contributed by atoms with E-state index < -0.39 is 28.7 Å². The minimum Gasteiger partial charge on any atom is -0.423 e. The van der Waals surface area contributed by atoms with E-state index in [1.807, 2.05) is 0 Å². The molecule has 33 heavy (non-hydrogen) atoms. The fourth-order valence-electron chi connectivity index (χ4n) is 2.91. The van der Waals surface area contributed by atoms with Crippen LogP contribution in [0.2, 0.25) is 0 Å². The molecule has 0 aliphatic rings. The van der Waals surface area contributed by atoms with E-state index in [-0.39, 0.29) is 28.7 Å². The first-order valence-corrected chi connectivity index (χ1v) is 10.5. The van der Waals surface area contributed by atoms with Crippen LogP contribution >= 0.6 is 11.3 Å². The molecule has 0 spiro atoms. The van der Waals surface area contributed by atoms with Crippen molar-refractivity contribution in [2.24, 2.45) is 0 Å². The molecular formula is C21H18F3N5O3S. The third-order valence-electron chi connectivity index (χ3n) is 4.63. The van der Waals surface area contributed by atoms with E-state index >= 15 is 0 Å². The van der Waals surface area contributed by atoms with Crippen molar-refractivity contribution in [2.75, 3.05) is 0 Å². The normalized spacial score (nSPS) is 11.7. The Morgan fingerprint density at radius 2 is 1.88 bits per heavy atom. The number of nitrogens with zero attached hydrogens (tertiary/aromatic N) is 5. The van der Waals surface area contributed by atoms with Crippen molar-refractivity contribution in [3.8, 4) is 16.6 Å². The predicted octanol–water partition coefficient (Wildman–Crippen LogP) is 3.68. The van der Waals surface area contributed by atoms with Crippen LogP contribution in [0.25, 0.3) is 5.69 Å². The summed E-state index contributed by atoms with van der Waals surface area (Å²) in [6.45, 7) is 4.40. The van der Waals surface area contributed by atoms with Crippen LogP contribution in [0.1, 0.15) is 30.1 Å². The van der Waals surface area contributed by atoms with Gasteiger partial charge in [0.1, 0.15) is 28.6 Å². The molecule has 0 atom stereocenters. The zero-order valence-electron chi connectivity index (χ0n) is 17.7. The van der Waals surface area contributed by atoms with Crippen LogP contribution in [-0.4, -0.2) is 29.4 Å². The SMILES string of the molecule is Cc1nc(C(C)(C)O)sc1Oc1ncc(-n2ncn(Cc3c(F)cccc3F)c2=O)cc1F. The van der Waals surface area contributed by atoms with Crippen LogP contribution in [0.4, 0.5) is 13.2 Å². The lowest BCUT2D eigenvalue weighted by atomic mass is 10.2. The summed E-state index contributed by atoms with van der Waals surface area (Å²) >= 11 is 1.06. The Morgan fingerprint density at radius 3 is 2.48 bits per heavy atom. The van der Waals surface area contributed by atoms with E-state index in [0.717, 1.165) is 45.1 Å². The number of aromatic nitrogens is 5. The van der Waals surface area contributed by atoms with Gasteiger partial charge in [-0.1, -0.05) is 17.4 Å². The summed E-state index contributed by atoms with van der Waals surface area (Å²) in [4.78, 5) is 20.8. The fourth-order valence-corrected chi connectivity index (χ4v) is 3.83. The molecule has 0 aliphatic carbocycles. The van der Waals surface area contributed by atoms with Gasteiger partial charge in [0.25, 0.3) is 5.88 Å². The lowest BCUT2D eigenvalue weighted by Gasteiger charge is -2.12. The second kappa shape index (κ2) is 8.45. The van der Waals surface area contributed by atoms with E-state index in [1.165, 1.54) is 12.3 Å². The monoisotopic (exact) mass is 477 g/mol. The summed E-state index contributed by atoms with van der Waals surface area (Å²) in [6, 6.07) is 4.39. The summed E-state index contributed by atoms with van der Waals surface area (Å²) < 4.78 is 49.8. The van der Waals surface area contributed by atoms with Gasteiger partial charge in [-0.05, 0) is 32.9 Å². The second-order valence-electron chi connectivity index (χ2n) is 7.69. The lowest BCUT2D eigenvalue weighted by molar-refractivity contribution is 0.0781. The first-order chi connectivity index (χ1) is 15.5. The third-order valence-corrected chi connectivity index (χ3v) is 5.98. The maximum Gasteiger partial charge on any atom is 0.350 e. The van der Waals surface area contributed by atoms with Gasteiger partial charge in [-0.15, -0.1) is 0 Å². The van der Waals surface area contributed by atoms with Crippen LogP contribution in [-0.2, 0) is 12.1 Å². The van der Waals surface area contributed by atoms with Crippen LogP contribution in [0.15, 0.2) is 41.6 Å². The second-order valence-corrected chi connectivity index (χ2v) is 8.65. The van der Waals surface area contributed by atoms with E-state index in [0.29, 0.717) is 10.7 Å². The van der Waals surface area contributed by atoms with Crippen molar-refractivity contribution in [2.45, 2.75) is 32.9 Å². The minimum absolute atomic E-state index is 0.00388. The van der Waals surface area contributed by atoms with Gasteiger partial charge in [0.2, 0.25) is 5.06 Å². The number of aryl methyl sites for hydroxylation is 1. The molecule has 1 aromatic carbocycles. The van der Waals surface area contributed by atoms with Gasteiger partial charge in [-0.3, -0.25) is 4.57 Å². The highest BCUT2D eigenvalue weighted by atomic mass is 32.1. The van der Waals surface area contributed by atoms with Gasteiger partial charge in [-0.25, -0.2) is 27.9 Å². The lowest BCUT2D eigenvalue weighted by Crippen LogP contribution is -2.25. The third kappa shape index (κ3) is 4.52. The number of ether oxygens (including phenoxy) is 1. The smallest absolute Gasteiger partial charge is 0.350 e. The number of hydrogen-bond donors (Lipinski definition) is 1. The quantitative estimate of drug-likeness (QED) is 0.455. The van der Waals surface area contributed by atoms with Crippen molar-refractivity contribution in [1.82, 2.24) is 24.3 Å². The number of halogens is 3. The van der Waals surface area contributed by atoms with E-state index in [1.54, 1.807) is 20.8 Å². The molecule has 0 radical (unpaired) electrons. The summed E-state index contributed by atoms with van der Waals surface area (Å²) in [5, 5.41) is 14.6. The molecule has 0 saturated heterocycles. The molecule has 0 amide bonds. The van der Waals surface area contributed by atoms with Crippen molar-refractivity contribution in [3.63, 3.8) is 0 Å². The molecule has 4 rings (SSSR count). The summed E-state index contributed by atoms with van der Waals surface area (Å²) in [5.74, 6) is -2.81. The molecule has 3 heterocycles. The van der Waals surface area contributed by atoms with Gasteiger partial charge in [0.05, 0.1) is 24.1 Å². The van der Waals surface area contributed by atoms with Crippen molar-refractivity contribution in [3.05, 3.63) is 81.0 Å². The number of rotatable bonds is 6. The molecule has 172 valence electrons. The minimum atomic E-state index is -1.18. The molecule has 1 N–H and O–H groups in total. The van der Waals surface area contributed by atoms with E-state index in [9.17, 15) is 23.1 Å². The maximum absolute atomic E-state index is 14.7. The number of aliphatic hydroxyl groups is 1. The Hall–Kier alpha value is -3.51. The maximum atomic E-state index is 14.7. The van der Waals surface area contributed by atoms with Crippen LogP contribution in [0, 0.1) is 24.4 Å². The molecular weight excluding hydrogens is 459 g/mol. The molecule has 0 saturated carbocycles. The molecule has 0 aliphatic heterocycles. The van der Waals surface area contributed by atoms with Gasteiger partial charge >= 0.3 is 5.69 Å². The molecule has 0 unspecified atom stereocenters. The van der Waals surface area contributed by atoms with Crippen molar-refractivity contribution < 1.29 is 23.0 Å². The molecule has 0 bridgehead atoms. The summed E-state index contributed by atoms with van der Waals surface area (Å²) in [5.41, 5.74) is -1.76. The van der Waals surface area contributed by atoms with Gasteiger partial charge in [0.15, 0.2) is 5.82 Å². The molecule has 8 nitrogen and oxygen atoms in total. The largest absolute Gasteiger partial charge is 0.423 e. The Morgan fingerprint density at radius 1 is 1.18 bits per heavy atom. The van der Waals surface area contributed by atoms with E-state index in [2.05, 4.69) is 15.1 Å². The fraction of sp³-hybridized carbons (Fsp3) is 0.238. The number of benzene rings is 1. The highest BCUT2D eigenvalue weighted by molar-refractivity contribution is 7.13. The van der Waals surface area contributed by atoms with Gasteiger partial charge < -0.3 is 9.84 Å². The number of hydrogen-bond acceptors (Lipinski definition) is 7. The molecule has 4 aromatic rings. The zero-order chi connectivity index (χ0) is 23.9. The Bertz CT molecular complexity index is 1370. The van der Waals surface area contributed by atoms with E-state index in [4.69, 9.17) is 4.74 Å². The summed E-state index contributed by atoms with van der Waals surface area (Å²) in [6.07, 6.45) is 2.27. The Balaban J connectivity index is 1.59. The summed E-state index contributed by atoms with van der Waals surface area (Å²) in [7, 11) is 0. The van der Waals surface area contributed by atoms with Crippen LogP contribution in [0.5, 0.6) is 10.9 Å². The first-order valence-electron chi connectivity index (χ1n) is 9.66. The average Bonchev–Trinajstić information content (AvgIpc) is 3.29. The molecule has 12 heteroatoms. The Labute approximate surface area is 189 Å². The van der Waals surface area contributed by atoms with Crippen LogP contribution < -0.4 is 10.4 Å². The standard InChI is InChI=1S/C21H18F3N5O3S/c1-11-18(33-19(27-11)21(2,3)31)32-17-16(24)7-12(8-25-17)29-20(30)28(10-26-29)9-13-14(22)5-4-6-15(13)23/h4-8,10,31H,9H2,1-3H3. The highest BCUT2D eigenvalue weighted by Crippen LogP contribution is 2.36. The Kier molecular flexibility index (Phi) is 5.80. The highest BCUT2D eigenvalue weighted by Gasteiger charge is 2.24. The van der Waals surface area contributed by atoms with Crippen molar-refractivity contribution in [1.29, 1.82) is 0 Å². The van der Waals surface area contributed by atoms with Crippen molar-refractivity contribution >= 4 is 11.3 Å². The number of thiazole rings is 1. The first kappa shape index (κ1) is 22.7. The van der Waals surface area contributed by atoms with Gasteiger partial charge in [0, 0.05) is 11.6 Å². The van der Waals surface area contributed by atoms with Gasteiger partial charge in [-0.2, -0.15) is 9.78 Å². The van der Waals surface area contributed by atoms with Crippen LogP contribution in [0.3, 0.4) is 0 Å². The molecule has 0 fully saturated rings. The zero-order valence-corrected chi connectivity index (χ0v) is 18.5. The number of pyridine rings is 1. The average molecular weight is 477 g/mol.